The third-order valence-electron chi connectivity index (χ3n) is 13.8. The molecule has 440 valence electrons. The van der Waals surface area contributed by atoms with Crippen molar-refractivity contribution in [2.45, 2.75) is 309 Å². The van der Waals surface area contributed by atoms with Gasteiger partial charge in [0.2, 0.25) is 0 Å². The van der Waals surface area contributed by atoms with Crippen molar-refractivity contribution < 1.29 is 28.6 Å². The van der Waals surface area contributed by atoms with Crippen LogP contribution in [0.15, 0.2) is 109 Å². The monoisotopic (exact) mass is 1070 g/mol. The molecule has 6 heteroatoms. The van der Waals surface area contributed by atoms with Gasteiger partial charge in [-0.3, -0.25) is 14.4 Å². The van der Waals surface area contributed by atoms with Gasteiger partial charge in [-0.25, -0.2) is 0 Å². The second kappa shape index (κ2) is 64.6. The number of rotatable bonds is 58. The summed E-state index contributed by atoms with van der Waals surface area (Å²) in [5.41, 5.74) is 0. The predicted octanol–water partition coefficient (Wildman–Crippen LogP) is 22.2. The van der Waals surface area contributed by atoms with E-state index in [1.807, 2.05) is 0 Å². The van der Waals surface area contributed by atoms with Crippen molar-refractivity contribution in [3.63, 3.8) is 0 Å². The first kappa shape index (κ1) is 73.1. The molecule has 0 saturated carbocycles. The lowest BCUT2D eigenvalue weighted by molar-refractivity contribution is -0.167. The lowest BCUT2D eigenvalue weighted by Crippen LogP contribution is -2.30. The molecule has 0 aliphatic rings. The van der Waals surface area contributed by atoms with Gasteiger partial charge in [-0.2, -0.15) is 0 Å². The summed E-state index contributed by atoms with van der Waals surface area (Å²) in [6.45, 7) is 6.39. The minimum absolute atomic E-state index is 0.0984. The molecule has 0 amide bonds. The van der Waals surface area contributed by atoms with Crippen molar-refractivity contribution in [1.82, 2.24) is 0 Å². The van der Waals surface area contributed by atoms with Crippen LogP contribution in [-0.2, 0) is 28.6 Å². The highest BCUT2D eigenvalue weighted by Gasteiger charge is 2.19. The Bertz CT molecular complexity index is 1560. The Morgan fingerprint density at radius 1 is 0.273 bits per heavy atom. The van der Waals surface area contributed by atoms with E-state index in [0.717, 1.165) is 135 Å². The molecular formula is C71H120O6. The van der Waals surface area contributed by atoms with Crippen molar-refractivity contribution in [3.05, 3.63) is 109 Å². The molecule has 0 saturated heterocycles. The van der Waals surface area contributed by atoms with Crippen LogP contribution < -0.4 is 0 Å². The molecular weight excluding hydrogens is 949 g/mol. The van der Waals surface area contributed by atoms with Crippen molar-refractivity contribution in [2.75, 3.05) is 13.2 Å². The lowest BCUT2D eigenvalue weighted by atomic mass is 10.0. The molecule has 0 aliphatic carbocycles. The Labute approximate surface area is 476 Å². The van der Waals surface area contributed by atoms with Crippen molar-refractivity contribution >= 4 is 17.9 Å². The first-order valence-electron chi connectivity index (χ1n) is 32.4. The summed E-state index contributed by atoms with van der Waals surface area (Å²) in [7, 11) is 0. The SMILES string of the molecule is CC/C=C\C/C=C\C/C=C\C/C=C\C/C=C\CCCCCCCC(=O)OC(COC(=O)CCCC/C=C\C/C=C\C/C=C\C/C=C\CC)COC(=O)CCCCCCCCCCCCCCCCCCCCCCCCC. The molecule has 0 aromatic heterocycles. The van der Waals surface area contributed by atoms with E-state index >= 15 is 0 Å². The minimum Gasteiger partial charge on any atom is -0.462 e. The second-order valence-corrected chi connectivity index (χ2v) is 21.3. The van der Waals surface area contributed by atoms with E-state index in [0.29, 0.717) is 19.3 Å². The normalized spacial score (nSPS) is 12.8. The van der Waals surface area contributed by atoms with Crippen LogP contribution in [0.1, 0.15) is 303 Å². The summed E-state index contributed by atoms with van der Waals surface area (Å²) < 4.78 is 16.9. The van der Waals surface area contributed by atoms with Gasteiger partial charge in [-0.15, -0.1) is 0 Å². The molecule has 0 bridgehead atoms. The van der Waals surface area contributed by atoms with Crippen LogP contribution >= 0.6 is 0 Å². The molecule has 0 fully saturated rings. The van der Waals surface area contributed by atoms with Gasteiger partial charge < -0.3 is 14.2 Å². The average molecular weight is 1070 g/mol. The number of carbonyl (C=O) groups excluding carboxylic acids is 3. The fraction of sp³-hybridized carbons (Fsp3) is 0.704. The van der Waals surface area contributed by atoms with E-state index in [-0.39, 0.29) is 31.1 Å². The maximum absolute atomic E-state index is 12.9. The number of hydrogen-bond donors (Lipinski definition) is 0. The molecule has 0 radical (unpaired) electrons. The number of carbonyl (C=O) groups is 3. The Morgan fingerprint density at radius 2 is 0.506 bits per heavy atom. The minimum atomic E-state index is -0.808. The maximum atomic E-state index is 12.9. The van der Waals surface area contributed by atoms with Gasteiger partial charge in [-0.05, 0) is 103 Å². The van der Waals surface area contributed by atoms with E-state index in [2.05, 4.69) is 130 Å². The van der Waals surface area contributed by atoms with E-state index in [4.69, 9.17) is 14.2 Å². The highest BCUT2D eigenvalue weighted by molar-refractivity contribution is 5.71. The molecule has 0 N–H and O–H groups in total. The number of hydrogen-bond acceptors (Lipinski definition) is 6. The third kappa shape index (κ3) is 62.8. The van der Waals surface area contributed by atoms with Gasteiger partial charge in [0, 0.05) is 19.3 Å². The van der Waals surface area contributed by atoms with Crippen LogP contribution in [0, 0.1) is 0 Å². The van der Waals surface area contributed by atoms with Crippen LogP contribution in [0.3, 0.4) is 0 Å². The molecule has 0 rings (SSSR count). The smallest absolute Gasteiger partial charge is 0.306 e. The van der Waals surface area contributed by atoms with Gasteiger partial charge in [-0.1, -0.05) is 291 Å². The fourth-order valence-electron chi connectivity index (χ4n) is 8.99. The van der Waals surface area contributed by atoms with E-state index in [1.54, 1.807) is 0 Å². The summed E-state index contributed by atoms with van der Waals surface area (Å²) in [5, 5.41) is 0. The van der Waals surface area contributed by atoms with Gasteiger partial charge in [0.25, 0.3) is 0 Å². The molecule has 1 atom stereocenters. The summed E-state index contributed by atoms with van der Waals surface area (Å²) in [5.74, 6) is -0.952. The van der Waals surface area contributed by atoms with Crippen molar-refractivity contribution in [1.29, 1.82) is 0 Å². The van der Waals surface area contributed by atoms with Crippen LogP contribution in [-0.4, -0.2) is 37.2 Å². The first-order chi connectivity index (χ1) is 38.0. The van der Waals surface area contributed by atoms with Gasteiger partial charge in [0.1, 0.15) is 13.2 Å². The van der Waals surface area contributed by atoms with Crippen LogP contribution in [0.4, 0.5) is 0 Å². The van der Waals surface area contributed by atoms with E-state index in [9.17, 15) is 14.4 Å². The Kier molecular flexibility index (Phi) is 61.3. The quantitative estimate of drug-likeness (QED) is 0.0261. The van der Waals surface area contributed by atoms with Gasteiger partial charge >= 0.3 is 17.9 Å². The number of unbranched alkanes of at least 4 members (excludes halogenated alkanes) is 29. The molecule has 0 aliphatic heterocycles. The zero-order valence-electron chi connectivity index (χ0n) is 50.4. The van der Waals surface area contributed by atoms with Crippen molar-refractivity contribution in [3.8, 4) is 0 Å². The molecule has 6 nitrogen and oxygen atoms in total. The molecule has 0 aromatic carbocycles. The van der Waals surface area contributed by atoms with Crippen LogP contribution in [0.2, 0.25) is 0 Å². The van der Waals surface area contributed by atoms with Crippen LogP contribution in [0.25, 0.3) is 0 Å². The second-order valence-electron chi connectivity index (χ2n) is 21.3. The molecule has 77 heavy (non-hydrogen) atoms. The summed E-state index contributed by atoms with van der Waals surface area (Å²) >= 11 is 0. The molecule has 0 heterocycles. The summed E-state index contributed by atoms with van der Waals surface area (Å²) in [6, 6.07) is 0. The predicted molar refractivity (Wildman–Crippen MR) is 334 cm³/mol. The Hall–Kier alpha value is -3.93. The number of allylic oxidation sites excluding steroid dienone is 18. The first-order valence-corrected chi connectivity index (χ1v) is 32.4. The van der Waals surface area contributed by atoms with Crippen molar-refractivity contribution in [2.24, 2.45) is 0 Å². The Morgan fingerprint density at radius 3 is 0.818 bits per heavy atom. The lowest BCUT2D eigenvalue weighted by Gasteiger charge is -2.18. The molecule has 1 unspecified atom stereocenters. The molecule has 0 aromatic rings. The zero-order valence-corrected chi connectivity index (χ0v) is 50.4. The average Bonchev–Trinajstić information content (AvgIpc) is 3.43. The largest absolute Gasteiger partial charge is 0.462 e. The molecule has 0 spiro atoms. The van der Waals surface area contributed by atoms with Gasteiger partial charge in [0.05, 0.1) is 0 Å². The zero-order chi connectivity index (χ0) is 55.7. The number of esters is 3. The fourth-order valence-corrected chi connectivity index (χ4v) is 8.99. The third-order valence-corrected chi connectivity index (χ3v) is 13.8. The van der Waals surface area contributed by atoms with E-state index < -0.39 is 6.10 Å². The Balaban J connectivity index is 4.41. The number of ether oxygens (including phenoxy) is 3. The van der Waals surface area contributed by atoms with E-state index in [1.165, 1.54) is 128 Å². The maximum Gasteiger partial charge on any atom is 0.306 e. The standard InChI is InChI=1S/C71H120O6/c1-4-7-10-13-16-19-22-25-28-30-32-34-35-37-38-40-43-46-49-52-55-58-61-64-70(73)76-67-68(66-75-69(72)63-60-57-54-51-48-45-42-27-24-21-18-15-12-9-6-3)77-71(74)65-62-59-56-53-50-47-44-41-39-36-33-31-29-26-23-20-17-14-11-8-5-2/h8-9,11-12,17-18,20-21,26-27,29,33,36,41-42,44,48,51,68H,4-7,10,13-16,19,22-25,28,30-32,34-35,37-40,43,45-47,49-50,52-67H2,1-3H3/b11-8-,12-9-,20-17-,21-18-,29-26-,36-33-,42-27-,44-41-,51-48-. The summed E-state index contributed by atoms with van der Waals surface area (Å²) in [6.07, 6.45) is 88.2. The highest BCUT2D eigenvalue weighted by Crippen LogP contribution is 2.17. The van der Waals surface area contributed by atoms with Crippen LogP contribution in [0.5, 0.6) is 0 Å². The summed E-state index contributed by atoms with van der Waals surface area (Å²) in [4.78, 5) is 38.3. The topological polar surface area (TPSA) is 78.9 Å². The highest BCUT2D eigenvalue weighted by atomic mass is 16.6. The van der Waals surface area contributed by atoms with Gasteiger partial charge in [0.15, 0.2) is 6.10 Å².